The lowest BCUT2D eigenvalue weighted by Gasteiger charge is -2.33. The summed E-state index contributed by atoms with van der Waals surface area (Å²) < 4.78 is 84.0. The Morgan fingerprint density at radius 2 is 1.64 bits per heavy atom. The molecule has 2 heterocycles. The molecule has 0 aromatic heterocycles. The van der Waals surface area contributed by atoms with Gasteiger partial charge in [0.05, 0.1) is 11.1 Å². The van der Waals surface area contributed by atoms with Crippen LogP contribution in [0.5, 0.6) is 0 Å². The molecule has 2 fully saturated rings. The second kappa shape index (κ2) is 9.79. The molecule has 3 N–H and O–H groups in total. The van der Waals surface area contributed by atoms with E-state index in [1.54, 1.807) is 0 Å². The first-order valence-electron chi connectivity index (χ1n) is 11.0. The number of amides is 1. The van der Waals surface area contributed by atoms with E-state index in [4.69, 9.17) is 4.74 Å². The number of ether oxygens (including phenoxy) is 1. The molecular formula is C22H29F6N3O2. The third-order valence-electron chi connectivity index (χ3n) is 6.42. The summed E-state index contributed by atoms with van der Waals surface area (Å²) >= 11 is 0. The Bertz CT molecular complexity index is 804. The van der Waals surface area contributed by atoms with Crippen LogP contribution in [0.3, 0.4) is 0 Å². The highest BCUT2D eigenvalue weighted by Crippen LogP contribution is 2.36. The van der Waals surface area contributed by atoms with Crippen molar-refractivity contribution in [1.82, 2.24) is 16.0 Å². The molecule has 186 valence electrons. The summed E-state index contributed by atoms with van der Waals surface area (Å²) in [6.07, 6.45) is -7.67. The van der Waals surface area contributed by atoms with Gasteiger partial charge in [-0.1, -0.05) is 13.8 Å². The molecule has 11 heteroatoms. The fraction of sp³-hybridized carbons (Fsp3) is 0.682. The topological polar surface area (TPSA) is 62.4 Å². The van der Waals surface area contributed by atoms with Crippen molar-refractivity contribution >= 4 is 5.91 Å². The normalized spacial score (nSPS) is 24.9. The predicted molar refractivity (Wildman–Crippen MR) is 109 cm³/mol. The number of alkyl halides is 6. The third kappa shape index (κ3) is 6.19. The van der Waals surface area contributed by atoms with Crippen molar-refractivity contribution in [2.45, 2.75) is 69.6 Å². The highest BCUT2D eigenvalue weighted by Gasteiger charge is 2.47. The first kappa shape index (κ1) is 25.8. The van der Waals surface area contributed by atoms with Gasteiger partial charge in [0.1, 0.15) is 5.54 Å². The van der Waals surface area contributed by atoms with E-state index in [0.29, 0.717) is 38.3 Å². The Morgan fingerprint density at radius 3 is 2.15 bits per heavy atom. The number of carbonyl (C=O) groups excluding carboxylic acids is 1. The molecule has 0 aliphatic carbocycles. The number of hydrogen-bond donors (Lipinski definition) is 3. The second-order valence-corrected chi connectivity index (χ2v) is 9.06. The molecular weight excluding hydrogens is 452 g/mol. The summed E-state index contributed by atoms with van der Waals surface area (Å²) in [5.41, 5.74) is -4.05. The Kier molecular flexibility index (Phi) is 7.65. The van der Waals surface area contributed by atoms with Gasteiger partial charge < -0.3 is 20.7 Å². The largest absolute Gasteiger partial charge is 0.416 e. The van der Waals surface area contributed by atoms with Crippen LogP contribution in [0, 0.1) is 5.92 Å². The summed E-state index contributed by atoms with van der Waals surface area (Å²) in [5, 5.41) is 9.34. The van der Waals surface area contributed by atoms with E-state index < -0.39 is 41.5 Å². The van der Waals surface area contributed by atoms with E-state index in [-0.39, 0.29) is 29.6 Å². The molecule has 2 aliphatic rings. The fourth-order valence-corrected chi connectivity index (χ4v) is 4.49. The number of hydrogen-bond acceptors (Lipinski definition) is 4. The van der Waals surface area contributed by atoms with Crippen LogP contribution in [-0.2, 0) is 28.4 Å². The molecule has 3 rings (SSSR count). The lowest BCUT2D eigenvalue weighted by atomic mass is 9.83. The van der Waals surface area contributed by atoms with Crippen molar-refractivity contribution in [2.24, 2.45) is 5.92 Å². The van der Waals surface area contributed by atoms with Gasteiger partial charge in [0, 0.05) is 38.4 Å². The second-order valence-electron chi connectivity index (χ2n) is 9.06. The zero-order valence-electron chi connectivity index (χ0n) is 18.5. The van der Waals surface area contributed by atoms with Crippen LogP contribution in [0.2, 0.25) is 0 Å². The molecule has 0 bridgehead atoms. The zero-order valence-corrected chi connectivity index (χ0v) is 18.5. The maximum atomic E-state index is 13.1. The number of halogens is 6. The first-order chi connectivity index (χ1) is 15.3. The number of nitrogens with one attached hydrogen (secondary N) is 3. The highest BCUT2D eigenvalue weighted by atomic mass is 19.4. The van der Waals surface area contributed by atoms with Gasteiger partial charge in [0.15, 0.2) is 0 Å². The summed E-state index contributed by atoms with van der Waals surface area (Å²) in [7, 11) is 0. The van der Waals surface area contributed by atoms with Gasteiger partial charge >= 0.3 is 12.4 Å². The molecule has 1 amide bonds. The monoisotopic (exact) mass is 481 g/mol. The maximum Gasteiger partial charge on any atom is 0.416 e. The van der Waals surface area contributed by atoms with E-state index in [2.05, 4.69) is 16.0 Å². The lowest BCUT2D eigenvalue weighted by Crippen LogP contribution is -2.57. The van der Waals surface area contributed by atoms with Crippen LogP contribution < -0.4 is 16.0 Å². The summed E-state index contributed by atoms with van der Waals surface area (Å²) in [6, 6.07) is 1.64. The summed E-state index contributed by atoms with van der Waals surface area (Å²) in [5.74, 6) is -0.592. The minimum Gasteiger partial charge on any atom is -0.381 e. The fourth-order valence-electron chi connectivity index (χ4n) is 4.49. The maximum absolute atomic E-state index is 13.1. The molecule has 0 radical (unpaired) electrons. The molecule has 0 saturated carbocycles. The minimum atomic E-state index is -4.94. The zero-order chi connectivity index (χ0) is 24.4. The van der Waals surface area contributed by atoms with Gasteiger partial charge in [-0.3, -0.25) is 4.79 Å². The van der Waals surface area contributed by atoms with Crippen LogP contribution in [0.4, 0.5) is 26.3 Å². The quantitative estimate of drug-likeness (QED) is 0.540. The van der Waals surface area contributed by atoms with Crippen molar-refractivity contribution in [3.8, 4) is 0 Å². The van der Waals surface area contributed by atoms with E-state index >= 15 is 0 Å². The SMILES string of the molecule is CC(C)C1(C(=O)NCc2cc(C(F)(F)F)cc(C(F)(F)F)c2)CC(NC2CCOCC2)CN1. The smallest absolute Gasteiger partial charge is 0.381 e. The van der Waals surface area contributed by atoms with Crippen molar-refractivity contribution < 1.29 is 35.9 Å². The van der Waals surface area contributed by atoms with Crippen LogP contribution in [-0.4, -0.2) is 43.3 Å². The summed E-state index contributed by atoms with van der Waals surface area (Å²) in [4.78, 5) is 13.1. The number of carbonyl (C=O) groups is 1. The Labute approximate surface area is 188 Å². The molecule has 2 unspecified atom stereocenters. The highest BCUT2D eigenvalue weighted by molar-refractivity contribution is 5.87. The standard InChI is InChI=1S/C22H29F6N3O2/c1-13(2)20(10-18(12-30-20)31-17-3-5-33-6-4-17)19(32)29-11-14-7-15(21(23,24)25)9-16(8-14)22(26,27)28/h7-9,13,17-18,30-31H,3-6,10-12H2,1-2H3,(H,29,32). The van der Waals surface area contributed by atoms with Crippen molar-refractivity contribution in [3.05, 3.63) is 34.9 Å². The van der Waals surface area contributed by atoms with Crippen LogP contribution in [0.1, 0.15) is 49.8 Å². The van der Waals surface area contributed by atoms with Crippen molar-refractivity contribution in [1.29, 1.82) is 0 Å². The van der Waals surface area contributed by atoms with Gasteiger partial charge in [-0.25, -0.2) is 0 Å². The summed E-state index contributed by atoms with van der Waals surface area (Å²) in [6.45, 7) is 5.14. The molecule has 0 spiro atoms. The number of benzene rings is 1. The number of rotatable bonds is 6. The van der Waals surface area contributed by atoms with Gasteiger partial charge in [0.25, 0.3) is 0 Å². The van der Waals surface area contributed by atoms with E-state index in [1.807, 2.05) is 13.8 Å². The average molecular weight is 481 g/mol. The average Bonchev–Trinajstić information content (AvgIpc) is 3.16. The van der Waals surface area contributed by atoms with Crippen LogP contribution in [0.25, 0.3) is 0 Å². The predicted octanol–water partition coefficient (Wildman–Crippen LogP) is 3.87. The van der Waals surface area contributed by atoms with Crippen molar-refractivity contribution in [3.63, 3.8) is 0 Å². The van der Waals surface area contributed by atoms with Crippen LogP contribution in [0.15, 0.2) is 18.2 Å². The Hall–Kier alpha value is -1.85. The van der Waals surface area contributed by atoms with E-state index in [0.717, 1.165) is 12.8 Å². The van der Waals surface area contributed by atoms with Crippen LogP contribution >= 0.6 is 0 Å². The Morgan fingerprint density at radius 1 is 1.06 bits per heavy atom. The van der Waals surface area contributed by atoms with Gasteiger partial charge in [-0.05, 0) is 48.9 Å². The molecule has 5 nitrogen and oxygen atoms in total. The van der Waals surface area contributed by atoms with E-state index in [9.17, 15) is 31.1 Å². The Balaban J connectivity index is 1.71. The lowest BCUT2D eigenvalue weighted by molar-refractivity contribution is -0.143. The molecule has 2 atom stereocenters. The van der Waals surface area contributed by atoms with E-state index in [1.165, 1.54) is 0 Å². The molecule has 2 saturated heterocycles. The molecule has 33 heavy (non-hydrogen) atoms. The third-order valence-corrected chi connectivity index (χ3v) is 6.42. The van der Waals surface area contributed by atoms with Gasteiger partial charge in [0.2, 0.25) is 5.91 Å². The minimum absolute atomic E-state index is 0.0200. The van der Waals surface area contributed by atoms with Crippen molar-refractivity contribution in [2.75, 3.05) is 19.8 Å². The molecule has 2 aliphatic heterocycles. The molecule has 1 aromatic rings. The van der Waals surface area contributed by atoms with Gasteiger partial charge in [-0.2, -0.15) is 26.3 Å². The molecule has 1 aromatic carbocycles. The van der Waals surface area contributed by atoms with Gasteiger partial charge in [-0.15, -0.1) is 0 Å². The first-order valence-corrected chi connectivity index (χ1v) is 11.0.